The Morgan fingerprint density at radius 1 is 0.947 bits per heavy atom. The third-order valence-corrected chi connectivity index (χ3v) is 3.19. The molecule has 2 aromatic rings. The third-order valence-electron chi connectivity index (χ3n) is 3.19. The number of rotatable bonds is 4. The standard InChI is InChI=1S/C17H21NO/c1-12-5-4-6-16(10-12)18-17(11-19)15-8-13(2)7-14(3)9-15/h4-10,17-19H,11H2,1-3H3. The molecule has 0 saturated heterocycles. The Balaban J connectivity index is 2.24. The molecule has 19 heavy (non-hydrogen) atoms. The maximum Gasteiger partial charge on any atom is 0.0745 e. The first-order valence-electron chi connectivity index (χ1n) is 6.61. The zero-order chi connectivity index (χ0) is 13.8. The number of hydrogen-bond donors (Lipinski definition) is 2. The van der Waals surface area contributed by atoms with Crippen molar-refractivity contribution in [2.45, 2.75) is 26.8 Å². The van der Waals surface area contributed by atoms with Crippen LogP contribution in [0.1, 0.15) is 28.3 Å². The molecular formula is C17H21NO. The summed E-state index contributed by atoms with van der Waals surface area (Å²) in [4.78, 5) is 0. The molecule has 0 aromatic heterocycles. The van der Waals surface area contributed by atoms with Gasteiger partial charge in [-0.25, -0.2) is 0 Å². The SMILES string of the molecule is Cc1cccc(NC(CO)c2cc(C)cc(C)c2)c1. The minimum absolute atomic E-state index is 0.0691. The number of aliphatic hydroxyl groups is 1. The molecule has 0 aliphatic heterocycles. The van der Waals surface area contributed by atoms with Crippen molar-refractivity contribution in [1.82, 2.24) is 0 Å². The number of aliphatic hydroxyl groups excluding tert-OH is 1. The first-order chi connectivity index (χ1) is 9.08. The lowest BCUT2D eigenvalue weighted by Gasteiger charge is -2.19. The largest absolute Gasteiger partial charge is 0.394 e. The van der Waals surface area contributed by atoms with Gasteiger partial charge in [0.1, 0.15) is 0 Å². The van der Waals surface area contributed by atoms with Gasteiger partial charge in [-0.2, -0.15) is 0 Å². The molecule has 1 unspecified atom stereocenters. The van der Waals surface area contributed by atoms with Crippen molar-refractivity contribution in [3.63, 3.8) is 0 Å². The average Bonchev–Trinajstić information content (AvgIpc) is 2.34. The van der Waals surface area contributed by atoms with Gasteiger partial charge in [0, 0.05) is 5.69 Å². The second-order valence-electron chi connectivity index (χ2n) is 5.17. The van der Waals surface area contributed by atoms with Crippen LogP contribution >= 0.6 is 0 Å². The zero-order valence-corrected chi connectivity index (χ0v) is 11.8. The molecule has 0 heterocycles. The molecule has 2 aromatic carbocycles. The number of anilines is 1. The van der Waals surface area contributed by atoms with Gasteiger partial charge < -0.3 is 10.4 Å². The van der Waals surface area contributed by atoms with Gasteiger partial charge in [-0.15, -0.1) is 0 Å². The maximum absolute atomic E-state index is 9.63. The molecule has 2 N–H and O–H groups in total. The van der Waals surface area contributed by atoms with Gasteiger partial charge in [0.25, 0.3) is 0 Å². The van der Waals surface area contributed by atoms with Crippen LogP contribution in [0, 0.1) is 20.8 Å². The number of nitrogens with one attached hydrogen (secondary N) is 1. The summed E-state index contributed by atoms with van der Waals surface area (Å²) in [6.07, 6.45) is 0. The van der Waals surface area contributed by atoms with E-state index in [1.54, 1.807) is 0 Å². The lowest BCUT2D eigenvalue weighted by Crippen LogP contribution is -2.15. The van der Waals surface area contributed by atoms with Crippen LogP contribution in [0.3, 0.4) is 0 Å². The van der Waals surface area contributed by atoms with Crippen molar-refractivity contribution < 1.29 is 5.11 Å². The molecule has 1 atom stereocenters. The van der Waals surface area contributed by atoms with Crippen LogP contribution in [0.2, 0.25) is 0 Å². The lowest BCUT2D eigenvalue weighted by atomic mass is 10.0. The first-order valence-corrected chi connectivity index (χ1v) is 6.61. The normalized spacial score (nSPS) is 12.2. The predicted molar refractivity (Wildman–Crippen MR) is 80.5 cm³/mol. The second kappa shape index (κ2) is 5.89. The van der Waals surface area contributed by atoms with E-state index in [9.17, 15) is 5.11 Å². The van der Waals surface area contributed by atoms with E-state index >= 15 is 0 Å². The first kappa shape index (κ1) is 13.6. The molecular weight excluding hydrogens is 234 g/mol. The molecule has 0 aliphatic carbocycles. The summed E-state index contributed by atoms with van der Waals surface area (Å²) in [5, 5.41) is 13.0. The van der Waals surface area contributed by atoms with E-state index in [1.165, 1.54) is 16.7 Å². The molecule has 0 spiro atoms. The highest BCUT2D eigenvalue weighted by Crippen LogP contribution is 2.22. The fourth-order valence-electron chi connectivity index (χ4n) is 2.38. The summed E-state index contributed by atoms with van der Waals surface area (Å²) in [5.41, 5.74) is 5.82. The highest BCUT2D eigenvalue weighted by atomic mass is 16.3. The van der Waals surface area contributed by atoms with Crippen LogP contribution in [0.5, 0.6) is 0 Å². The van der Waals surface area contributed by atoms with E-state index < -0.39 is 0 Å². The van der Waals surface area contributed by atoms with Crippen molar-refractivity contribution in [2.75, 3.05) is 11.9 Å². The van der Waals surface area contributed by atoms with E-state index in [1.807, 2.05) is 12.1 Å². The molecule has 0 saturated carbocycles. The number of benzene rings is 2. The van der Waals surface area contributed by atoms with Crippen LogP contribution in [0.4, 0.5) is 5.69 Å². The summed E-state index contributed by atoms with van der Waals surface area (Å²) in [5.74, 6) is 0. The van der Waals surface area contributed by atoms with E-state index in [0.29, 0.717) is 0 Å². The molecule has 0 bridgehead atoms. The maximum atomic E-state index is 9.63. The van der Waals surface area contributed by atoms with Gasteiger partial charge in [-0.05, 0) is 44.0 Å². The van der Waals surface area contributed by atoms with Crippen LogP contribution in [0.25, 0.3) is 0 Å². The Bertz CT molecular complexity index is 543. The second-order valence-corrected chi connectivity index (χ2v) is 5.17. The summed E-state index contributed by atoms with van der Waals surface area (Å²) in [7, 11) is 0. The Kier molecular flexibility index (Phi) is 4.23. The van der Waals surface area contributed by atoms with Crippen LogP contribution in [0.15, 0.2) is 42.5 Å². The van der Waals surface area contributed by atoms with Crippen molar-refractivity contribution in [2.24, 2.45) is 0 Å². The predicted octanol–water partition coefficient (Wildman–Crippen LogP) is 3.76. The molecule has 0 amide bonds. The number of hydrogen-bond acceptors (Lipinski definition) is 2. The van der Waals surface area contributed by atoms with Gasteiger partial charge in [0.2, 0.25) is 0 Å². The van der Waals surface area contributed by atoms with Gasteiger partial charge in [-0.3, -0.25) is 0 Å². The monoisotopic (exact) mass is 255 g/mol. The van der Waals surface area contributed by atoms with Crippen molar-refractivity contribution in [1.29, 1.82) is 0 Å². The Labute approximate surface area is 115 Å². The van der Waals surface area contributed by atoms with E-state index in [0.717, 1.165) is 11.3 Å². The summed E-state index contributed by atoms with van der Waals surface area (Å²) in [6.45, 7) is 6.31. The third kappa shape index (κ3) is 3.58. The molecule has 2 heteroatoms. The van der Waals surface area contributed by atoms with Crippen LogP contribution in [-0.4, -0.2) is 11.7 Å². The van der Waals surface area contributed by atoms with Crippen molar-refractivity contribution in [3.05, 3.63) is 64.7 Å². The minimum atomic E-state index is -0.0691. The van der Waals surface area contributed by atoms with Gasteiger partial charge in [0.15, 0.2) is 0 Å². The van der Waals surface area contributed by atoms with Crippen LogP contribution < -0.4 is 5.32 Å². The molecule has 100 valence electrons. The molecule has 0 fully saturated rings. The lowest BCUT2D eigenvalue weighted by molar-refractivity contribution is 0.276. The average molecular weight is 255 g/mol. The molecule has 0 aliphatic rings. The van der Waals surface area contributed by atoms with Gasteiger partial charge >= 0.3 is 0 Å². The van der Waals surface area contributed by atoms with E-state index in [4.69, 9.17) is 0 Å². The quantitative estimate of drug-likeness (QED) is 0.872. The fourth-order valence-corrected chi connectivity index (χ4v) is 2.38. The molecule has 0 radical (unpaired) electrons. The molecule has 2 nitrogen and oxygen atoms in total. The fraction of sp³-hybridized carbons (Fsp3) is 0.294. The number of aryl methyl sites for hydroxylation is 3. The summed E-state index contributed by atoms with van der Waals surface area (Å²) in [6, 6.07) is 14.5. The van der Waals surface area contributed by atoms with Gasteiger partial charge in [0.05, 0.1) is 12.6 Å². The Hall–Kier alpha value is -1.80. The summed E-state index contributed by atoms with van der Waals surface area (Å²) >= 11 is 0. The smallest absolute Gasteiger partial charge is 0.0745 e. The van der Waals surface area contributed by atoms with Crippen molar-refractivity contribution in [3.8, 4) is 0 Å². The Morgan fingerprint density at radius 3 is 2.21 bits per heavy atom. The van der Waals surface area contributed by atoms with E-state index in [2.05, 4.69) is 56.4 Å². The molecule has 2 rings (SSSR count). The highest BCUT2D eigenvalue weighted by Gasteiger charge is 2.11. The Morgan fingerprint density at radius 2 is 1.63 bits per heavy atom. The van der Waals surface area contributed by atoms with E-state index in [-0.39, 0.29) is 12.6 Å². The zero-order valence-electron chi connectivity index (χ0n) is 11.8. The van der Waals surface area contributed by atoms with Crippen LogP contribution in [-0.2, 0) is 0 Å². The highest BCUT2D eigenvalue weighted by molar-refractivity contribution is 5.48. The summed E-state index contributed by atoms with van der Waals surface area (Å²) < 4.78 is 0. The topological polar surface area (TPSA) is 32.3 Å². The van der Waals surface area contributed by atoms with Crippen molar-refractivity contribution >= 4 is 5.69 Å². The minimum Gasteiger partial charge on any atom is -0.394 e. The van der Waals surface area contributed by atoms with Gasteiger partial charge in [-0.1, -0.05) is 41.5 Å².